The molecule has 1 fully saturated rings. The molecule has 1 N–H and O–H groups in total. The molecule has 3 rings (SSSR count). The van der Waals surface area contributed by atoms with E-state index in [0.717, 1.165) is 26.1 Å². The van der Waals surface area contributed by atoms with Gasteiger partial charge in [0.25, 0.3) is 0 Å². The molecule has 0 saturated carbocycles. The first-order chi connectivity index (χ1) is 10.2. The van der Waals surface area contributed by atoms with E-state index >= 15 is 0 Å². The first-order valence-corrected chi connectivity index (χ1v) is 8.62. The molecule has 0 spiro atoms. The number of thiophene rings is 1. The van der Waals surface area contributed by atoms with Gasteiger partial charge in [-0.25, -0.2) is 0 Å². The first kappa shape index (κ1) is 14.8. The number of benzene rings is 1. The van der Waals surface area contributed by atoms with Gasteiger partial charge in [0.05, 0.1) is 0 Å². The van der Waals surface area contributed by atoms with Crippen LogP contribution in [0.3, 0.4) is 0 Å². The fourth-order valence-electron chi connectivity index (χ4n) is 3.10. The van der Waals surface area contributed by atoms with Crippen LogP contribution in [0.5, 0.6) is 0 Å². The third-order valence-corrected chi connectivity index (χ3v) is 5.50. The Labute approximate surface area is 131 Å². The number of hydrogen-bond acceptors (Lipinski definition) is 3. The Bertz CT molecular complexity index is 564. The molecule has 0 aliphatic carbocycles. The summed E-state index contributed by atoms with van der Waals surface area (Å²) in [7, 11) is 0. The van der Waals surface area contributed by atoms with Crippen molar-refractivity contribution in [1.82, 2.24) is 10.2 Å². The summed E-state index contributed by atoms with van der Waals surface area (Å²) in [5, 5.41) is 3.67. The summed E-state index contributed by atoms with van der Waals surface area (Å²) in [6.45, 7) is 7.90. The first-order valence-electron chi connectivity index (χ1n) is 7.80. The smallest absolute Gasteiger partial charge is 0.0414 e. The van der Waals surface area contributed by atoms with E-state index in [2.05, 4.69) is 66.5 Å². The Kier molecular flexibility index (Phi) is 4.73. The lowest BCUT2D eigenvalue weighted by Gasteiger charge is -2.37. The second kappa shape index (κ2) is 6.73. The molecule has 0 amide bonds. The van der Waals surface area contributed by atoms with Gasteiger partial charge in [-0.3, -0.25) is 4.90 Å². The molecule has 1 aliphatic rings. The molecule has 21 heavy (non-hydrogen) atoms. The van der Waals surface area contributed by atoms with Crippen LogP contribution < -0.4 is 5.32 Å². The molecular weight excluding hydrogens is 276 g/mol. The number of hydrogen-bond donors (Lipinski definition) is 1. The highest BCUT2D eigenvalue weighted by molar-refractivity contribution is 7.12. The maximum absolute atomic E-state index is 3.67. The fraction of sp³-hybridized carbons (Fsp3) is 0.444. The van der Waals surface area contributed by atoms with E-state index in [1.54, 1.807) is 0 Å². The van der Waals surface area contributed by atoms with Crippen LogP contribution >= 0.6 is 11.3 Å². The molecule has 1 aromatic heterocycles. The second-order valence-electron chi connectivity index (χ2n) is 5.96. The Hall–Kier alpha value is -1.16. The highest BCUT2D eigenvalue weighted by Gasteiger charge is 2.24. The van der Waals surface area contributed by atoms with Crippen LogP contribution in [-0.2, 0) is 6.42 Å². The largest absolute Gasteiger partial charge is 0.311 e. The normalized spacial score (nSPS) is 21.3. The zero-order valence-corrected chi connectivity index (χ0v) is 13.7. The van der Waals surface area contributed by atoms with Crippen molar-refractivity contribution in [3.05, 3.63) is 57.8 Å². The lowest BCUT2D eigenvalue weighted by Crippen LogP contribution is -2.52. The van der Waals surface area contributed by atoms with Crippen molar-refractivity contribution in [2.45, 2.75) is 32.4 Å². The highest BCUT2D eigenvalue weighted by atomic mass is 32.1. The van der Waals surface area contributed by atoms with Crippen LogP contribution in [0.15, 0.2) is 42.5 Å². The average Bonchev–Trinajstić information content (AvgIpc) is 2.94. The summed E-state index contributed by atoms with van der Waals surface area (Å²) in [4.78, 5) is 5.52. The van der Waals surface area contributed by atoms with Crippen LogP contribution in [0.4, 0.5) is 0 Å². The van der Waals surface area contributed by atoms with Gasteiger partial charge in [0.1, 0.15) is 0 Å². The zero-order chi connectivity index (χ0) is 14.7. The number of aryl methyl sites for hydroxylation is 1. The minimum absolute atomic E-state index is 0.532. The minimum Gasteiger partial charge on any atom is -0.311 e. The molecule has 0 bridgehead atoms. The van der Waals surface area contributed by atoms with Gasteiger partial charge in [0, 0.05) is 41.5 Å². The average molecular weight is 300 g/mol. The molecule has 0 radical (unpaired) electrons. The van der Waals surface area contributed by atoms with Crippen molar-refractivity contribution in [2.75, 3.05) is 19.6 Å². The molecule has 2 heterocycles. The molecule has 2 atom stereocenters. The highest BCUT2D eigenvalue weighted by Crippen LogP contribution is 2.28. The predicted octanol–water partition coefficient (Wildman–Crippen LogP) is 3.63. The number of nitrogens with one attached hydrogen (secondary N) is 1. The van der Waals surface area contributed by atoms with Crippen LogP contribution in [0.25, 0.3) is 0 Å². The summed E-state index contributed by atoms with van der Waals surface area (Å²) in [6, 6.07) is 16.4. The summed E-state index contributed by atoms with van der Waals surface area (Å²) in [6.07, 6.45) is 1.12. The Balaban J connectivity index is 1.63. The van der Waals surface area contributed by atoms with E-state index < -0.39 is 0 Å². The van der Waals surface area contributed by atoms with Gasteiger partial charge < -0.3 is 5.32 Å². The van der Waals surface area contributed by atoms with Gasteiger partial charge in [-0.15, -0.1) is 11.3 Å². The predicted molar refractivity (Wildman–Crippen MR) is 91.0 cm³/mol. The van der Waals surface area contributed by atoms with Gasteiger partial charge in [-0.05, 0) is 38.0 Å². The van der Waals surface area contributed by atoms with Crippen molar-refractivity contribution in [3.63, 3.8) is 0 Å². The molecular formula is C18H24N2S. The minimum atomic E-state index is 0.532. The van der Waals surface area contributed by atoms with E-state index in [9.17, 15) is 0 Å². The monoisotopic (exact) mass is 300 g/mol. The van der Waals surface area contributed by atoms with Gasteiger partial charge in [0.2, 0.25) is 0 Å². The molecule has 2 aromatic rings. The molecule has 2 nitrogen and oxygen atoms in total. The van der Waals surface area contributed by atoms with Crippen molar-refractivity contribution in [3.8, 4) is 0 Å². The van der Waals surface area contributed by atoms with Crippen molar-refractivity contribution in [1.29, 1.82) is 0 Å². The summed E-state index contributed by atoms with van der Waals surface area (Å²) in [5.41, 5.74) is 1.43. The Morgan fingerprint density at radius 1 is 1.24 bits per heavy atom. The van der Waals surface area contributed by atoms with Crippen molar-refractivity contribution >= 4 is 11.3 Å². The Morgan fingerprint density at radius 3 is 2.76 bits per heavy atom. The fourth-order valence-corrected chi connectivity index (χ4v) is 4.06. The number of nitrogens with zero attached hydrogens (tertiary/aromatic N) is 1. The maximum atomic E-state index is 3.67. The molecule has 1 aromatic carbocycles. The van der Waals surface area contributed by atoms with E-state index in [1.807, 2.05) is 11.3 Å². The van der Waals surface area contributed by atoms with Gasteiger partial charge in [-0.1, -0.05) is 30.3 Å². The lowest BCUT2D eigenvalue weighted by atomic mass is 10.0. The Morgan fingerprint density at radius 2 is 2.05 bits per heavy atom. The van der Waals surface area contributed by atoms with Crippen molar-refractivity contribution in [2.24, 2.45) is 0 Å². The third-order valence-electron chi connectivity index (χ3n) is 4.33. The number of piperazine rings is 1. The van der Waals surface area contributed by atoms with E-state index in [0.29, 0.717) is 12.1 Å². The second-order valence-corrected chi connectivity index (χ2v) is 7.28. The van der Waals surface area contributed by atoms with Crippen molar-refractivity contribution < 1.29 is 0 Å². The summed E-state index contributed by atoms with van der Waals surface area (Å²) in [5.74, 6) is 0. The van der Waals surface area contributed by atoms with Crippen LogP contribution in [0.2, 0.25) is 0 Å². The van der Waals surface area contributed by atoms with Crippen LogP contribution in [0.1, 0.15) is 28.3 Å². The third kappa shape index (κ3) is 3.73. The van der Waals surface area contributed by atoms with E-state index in [4.69, 9.17) is 0 Å². The molecule has 1 saturated heterocycles. The number of rotatable bonds is 4. The molecule has 2 unspecified atom stereocenters. The lowest BCUT2D eigenvalue weighted by molar-refractivity contribution is 0.154. The molecule has 1 aliphatic heterocycles. The summed E-state index contributed by atoms with van der Waals surface area (Å²) < 4.78 is 0. The van der Waals surface area contributed by atoms with Gasteiger partial charge >= 0.3 is 0 Å². The topological polar surface area (TPSA) is 15.3 Å². The van der Waals surface area contributed by atoms with Crippen LogP contribution in [0, 0.1) is 6.92 Å². The standard InChI is InChI=1S/C18H24N2S/c1-14-8-9-18(21-14)15(2)20-11-10-19-17(13-20)12-16-6-4-3-5-7-16/h3-9,15,17,19H,10-13H2,1-2H3. The van der Waals surface area contributed by atoms with Gasteiger partial charge in [0.15, 0.2) is 0 Å². The SMILES string of the molecule is Cc1ccc(C(C)N2CCNC(Cc3ccccc3)C2)s1. The van der Waals surface area contributed by atoms with E-state index in [-0.39, 0.29) is 0 Å². The van der Waals surface area contributed by atoms with Gasteiger partial charge in [-0.2, -0.15) is 0 Å². The zero-order valence-electron chi connectivity index (χ0n) is 12.9. The summed E-state index contributed by atoms with van der Waals surface area (Å²) >= 11 is 1.93. The van der Waals surface area contributed by atoms with E-state index in [1.165, 1.54) is 15.3 Å². The molecule has 112 valence electrons. The van der Waals surface area contributed by atoms with Crippen LogP contribution in [-0.4, -0.2) is 30.6 Å². The quantitative estimate of drug-likeness (QED) is 0.927. The molecule has 3 heteroatoms. The maximum Gasteiger partial charge on any atom is 0.0414 e.